The molecule has 0 aromatic heterocycles. The molecule has 2 rings (SSSR count). The van der Waals surface area contributed by atoms with E-state index >= 15 is 0 Å². The number of piperidine rings is 1. The zero-order valence-electron chi connectivity index (χ0n) is 13.6. The van der Waals surface area contributed by atoms with Crippen LogP contribution in [0.5, 0.6) is 0 Å². The molecular weight excluding hydrogens is 335 g/mol. The zero-order valence-corrected chi connectivity index (χ0v) is 15.2. The summed E-state index contributed by atoms with van der Waals surface area (Å²) in [6.07, 6.45) is 2.05. The first-order valence-electron chi connectivity index (χ1n) is 8.04. The van der Waals surface area contributed by atoms with Crippen LogP contribution in [0.4, 0.5) is 4.79 Å². The van der Waals surface area contributed by atoms with Gasteiger partial charge >= 0.3 is 6.03 Å². The van der Waals surface area contributed by atoms with E-state index in [1.54, 1.807) is 12.1 Å². The van der Waals surface area contributed by atoms with Gasteiger partial charge in [0.1, 0.15) is 0 Å². The molecule has 0 saturated carbocycles. The van der Waals surface area contributed by atoms with Gasteiger partial charge in [-0.05, 0) is 36.5 Å². The maximum atomic E-state index is 12.2. The van der Waals surface area contributed by atoms with Gasteiger partial charge in [-0.15, -0.1) is 0 Å². The topological polar surface area (TPSA) is 41.6 Å². The van der Waals surface area contributed by atoms with Gasteiger partial charge < -0.3 is 15.0 Å². The molecule has 23 heavy (non-hydrogen) atoms. The third kappa shape index (κ3) is 5.87. The van der Waals surface area contributed by atoms with Crippen LogP contribution in [0.2, 0.25) is 10.0 Å². The Kier molecular flexibility index (Phi) is 7.00. The second kappa shape index (κ2) is 8.76. The van der Waals surface area contributed by atoms with E-state index in [1.165, 1.54) is 0 Å². The largest absolute Gasteiger partial charge is 0.378 e. The van der Waals surface area contributed by atoms with E-state index in [-0.39, 0.29) is 12.1 Å². The number of rotatable bonds is 5. The number of carbonyl (C=O) groups is 1. The van der Waals surface area contributed by atoms with E-state index in [0.717, 1.165) is 38.1 Å². The summed E-state index contributed by atoms with van der Waals surface area (Å²) >= 11 is 12.0. The van der Waals surface area contributed by atoms with Crippen molar-refractivity contribution in [2.24, 2.45) is 5.92 Å². The second-order valence-corrected chi connectivity index (χ2v) is 7.15. The van der Waals surface area contributed by atoms with Gasteiger partial charge in [0, 0.05) is 36.3 Å². The molecule has 1 fully saturated rings. The second-order valence-electron chi connectivity index (χ2n) is 6.31. The molecule has 1 saturated heterocycles. The summed E-state index contributed by atoms with van der Waals surface area (Å²) in [6, 6.07) is 5.23. The normalized spacial score (nSPS) is 16.0. The molecule has 0 unspecified atom stereocenters. The van der Waals surface area contributed by atoms with Crippen molar-refractivity contribution in [1.29, 1.82) is 0 Å². The van der Waals surface area contributed by atoms with Gasteiger partial charge in [-0.25, -0.2) is 4.79 Å². The Hall–Kier alpha value is -0.970. The molecular formula is C17H24Cl2N2O2. The molecule has 0 spiro atoms. The monoisotopic (exact) mass is 358 g/mol. The van der Waals surface area contributed by atoms with Crippen molar-refractivity contribution in [2.45, 2.75) is 39.3 Å². The predicted octanol–water partition coefficient (Wildman–Crippen LogP) is 4.34. The minimum Gasteiger partial charge on any atom is -0.378 e. The maximum Gasteiger partial charge on any atom is 0.317 e. The number of ether oxygens (including phenoxy) is 1. The number of halogens is 2. The summed E-state index contributed by atoms with van der Waals surface area (Å²) in [5, 5.41) is 4.07. The molecule has 1 heterocycles. The lowest BCUT2D eigenvalue weighted by Gasteiger charge is -2.32. The van der Waals surface area contributed by atoms with Crippen LogP contribution in [0.1, 0.15) is 32.3 Å². The van der Waals surface area contributed by atoms with Crippen molar-refractivity contribution in [1.82, 2.24) is 10.2 Å². The van der Waals surface area contributed by atoms with E-state index in [9.17, 15) is 4.79 Å². The summed E-state index contributed by atoms with van der Waals surface area (Å²) in [5.41, 5.74) is 0.861. The molecule has 6 heteroatoms. The van der Waals surface area contributed by atoms with Crippen LogP contribution < -0.4 is 5.32 Å². The Morgan fingerprint density at radius 2 is 2.04 bits per heavy atom. The number of amides is 2. The summed E-state index contributed by atoms with van der Waals surface area (Å²) in [7, 11) is 0. The first kappa shape index (κ1) is 18.4. The van der Waals surface area contributed by atoms with Crippen molar-refractivity contribution >= 4 is 29.2 Å². The molecule has 1 aromatic carbocycles. The first-order valence-corrected chi connectivity index (χ1v) is 8.79. The average molecular weight is 359 g/mol. The highest BCUT2D eigenvalue weighted by atomic mass is 35.5. The smallest absolute Gasteiger partial charge is 0.317 e. The number of likely N-dealkylation sites (tertiary alicyclic amines) is 1. The van der Waals surface area contributed by atoms with Crippen LogP contribution >= 0.6 is 23.2 Å². The highest BCUT2D eigenvalue weighted by Crippen LogP contribution is 2.21. The maximum absolute atomic E-state index is 12.2. The van der Waals surface area contributed by atoms with Gasteiger partial charge in [0.2, 0.25) is 0 Å². The van der Waals surface area contributed by atoms with Crippen LogP contribution in [-0.4, -0.2) is 36.7 Å². The van der Waals surface area contributed by atoms with Gasteiger partial charge in [-0.1, -0.05) is 43.1 Å². The van der Waals surface area contributed by atoms with E-state index in [4.69, 9.17) is 27.9 Å². The Labute approximate surface area is 148 Å². The first-order chi connectivity index (χ1) is 11.0. The standard InChI is InChI=1S/C17H24Cl2N2O2/c1-12(2)11-23-15-5-7-21(8-6-15)17(22)20-10-13-3-4-14(18)9-16(13)19/h3-4,9,12,15H,5-8,10-11H2,1-2H3,(H,20,22). The fourth-order valence-corrected chi connectivity index (χ4v) is 2.98. The number of nitrogens with one attached hydrogen (secondary N) is 1. The minimum absolute atomic E-state index is 0.0571. The van der Waals surface area contributed by atoms with Crippen molar-refractivity contribution in [2.75, 3.05) is 19.7 Å². The quantitative estimate of drug-likeness (QED) is 0.850. The van der Waals surface area contributed by atoms with Crippen LogP contribution in [0.15, 0.2) is 18.2 Å². The summed E-state index contributed by atoms with van der Waals surface area (Å²) in [6.45, 7) is 6.92. The lowest BCUT2D eigenvalue weighted by atomic mass is 10.1. The lowest BCUT2D eigenvalue weighted by molar-refractivity contribution is 0.00211. The van der Waals surface area contributed by atoms with Gasteiger partial charge in [-0.3, -0.25) is 0 Å². The molecule has 128 valence electrons. The predicted molar refractivity (Wildman–Crippen MR) is 94.1 cm³/mol. The molecule has 0 aliphatic carbocycles. The van der Waals surface area contributed by atoms with E-state index < -0.39 is 0 Å². The Morgan fingerprint density at radius 1 is 1.35 bits per heavy atom. The van der Waals surface area contributed by atoms with E-state index in [0.29, 0.717) is 22.5 Å². The van der Waals surface area contributed by atoms with Crippen LogP contribution in [-0.2, 0) is 11.3 Å². The zero-order chi connectivity index (χ0) is 16.8. The Balaban J connectivity index is 1.74. The van der Waals surface area contributed by atoms with Crippen molar-refractivity contribution in [3.63, 3.8) is 0 Å². The number of nitrogens with zero attached hydrogens (tertiary/aromatic N) is 1. The number of benzene rings is 1. The molecule has 0 radical (unpaired) electrons. The van der Waals surface area contributed by atoms with Gasteiger partial charge in [0.25, 0.3) is 0 Å². The molecule has 2 amide bonds. The molecule has 1 aliphatic rings. The van der Waals surface area contributed by atoms with Crippen LogP contribution in [0, 0.1) is 5.92 Å². The van der Waals surface area contributed by atoms with Crippen molar-refractivity contribution in [3.05, 3.63) is 33.8 Å². The number of hydrogen-bond donors (Lipinski definition) is 1. The fourth-order valence-electron chi connectivity index (χ4n) is 2.50. The highest BCUT2D eigenvalue weighted by Gasteiger charge is 2.23. The average Bonchev–Trinajstić information content (AvgIpc) is 2.52. The molecule has 0 atom stereocenters. The fraction of sp³-hybridized carbons (Fsp3) is 0.588. The number of urea groups is 1. The minimum atomic E-state index is -0.0571. The summed E-state index contributed by atoms with van der Waals surface area (Å²) < 4.78 is 5.84. The highest BCUT2D eigenvalue weighted by molar-refractivity contribution is 6.35. The van der Waals surface area contributed by atoms with E-state index in [1.807, 2.05) is 11.0 Å². The molecule has 1 aliphatic heterocycles. The molecule has 1 N–H and O–H groups in total. The third-order valence-electron chi connectivity index (χ3n) is 3.84. The lowest BCUT2D eigenvalue weighted by Crippen LogP contribution is -2.45. The van der Waals surface area contributed by atoms with Crippen molar-refractivity contribution < 1.29 is 9.53 Å². The van der Waals surface area contributed by atoms with Crippen molar-refractivity contribution in [3.8, 4) is 0 Å². The third-order valence-corrected chi connectivity index (χ3v) is 4.43. The van der Waals surface area contributed by atoms with Gasteiger partial charge in [0.15, 0.2) is 0 Å². The van der Waals surface area contributed by atoms with Gasteiger partial charge in [-0.2, -0.15) is 0 Å². The summed E-state index contributed by atoms with van der Waals surface area (Å²) in [4.78, 5) is 14.1. The molecule has 4 nitrogen and oxygen atoms in total. The molecule has 0 bridgehead atoms. The van der Waals surface area contributed by atoms with E-state index in [2.05, 4.69) is 19.2 Å². The van der Waals surface area contributed by atoms with Crippen LogP contribution in [0.3, 0.4) is 0 Å². The number of carbonyl (C=O) groups excluding carboxylic acids is 1. The Bertz CT molecular complexity index is 529. The van der Waals surface area contributed by atoms with Crippen LogP contribution in [0.25, 0.3) is 0 Å². The molecule has 1 aromatic rings. The number of hydrogen-bond acceptors (Lipinski definition) is 2. The van der Waals surface area contributed by atoms with Gasteiger partial charge in [0.05, 0.1) is 6.10 Å². The Morgan fingerprint density at radius 3 is 2.65 bits per heavy atom. The SMILES string of the molecule is CC(C)COC1CCN(C(=O)NCc2ccc(Cl)cc2Cl)CC1. The summed E-state index contributed by atoms with van der Waals surface area (Å²) in [5.74, 6) is 0.542.